The van der Waals surface area contributed by atoms with Crippen LogP contribution >= 0.6 is 11.3 Å². The Balaban J connectivity index is 1.65. The molecule has 0 aromatic carbocycles. The van der Waals surface area contributed by atoms with Gasteiger partial charge < -0.3 is 15.1 Å². The number of carboxylic acid groups (broad SMARTS) is 1. The zero-order valence-corrected chi connectivity index (χ0v) is 10.9. The third kappa shape index (κ3) is 2.12. The summed E-state index contributed by atoms with van der Waals surface area (Å²) in [4.78, 5) is 13.6. The lowest BCUT2D eigenvalue weighted by Gasteiger charge is -2.24. The van der Waals surface area contributed by atoms with Crippen molar-refractivity contribution >= 4 is 17.4 Å². The maximum absolute atomic E-state index is 10.9. The van der Waals surface area contributed by atoms with E-state index in [1.54, 1.807) is 11.3 Å². The molecule has 1 amide bonds. The molecule has 4 nitrogen and oxygen atoms in total. The third-order valence-corrected chi connectivity index (χ3v) is 5.09. The van der Waals surface area contributed by atoms with Crippen LogP contribution in [0.15, 0.2) is 17.5 Å². The van der Waals surface area contributed by atoms with E-state index in [2.05, 4.69) is 6.07 Å². The monoisotopic (exact) mass is 267 g/mol. The van der Waals surface area contributed by atoms with E-state index in [0.29, 0.717) is 31.3 Å². The molecule has 1 aliphatic carbocycles. The standard InChI is InChI=1S/C13H17NO3S/c15-12(16)14-7-9-4-13(17,5-10(9)8-14)6-11-2-1-3-18-11/h1-3,9-10,17H,4-8H2,(H,15,16)/t9-,10+,13+. The lowest BCUT2D eigenvalue weighted by atomic mass is 9.95. The second kappa shape index (κ2) is 4.24. The summed E-state index contributed by atoms with van der Waals surface area (Å²) in [6.45, 7) is 1.18. The van der Waals surface area contributed by atoms with Gasteiger partial charge in [0.2, 0.25) is 0 Å². The number of aliphatic hydroxyl groups is 1. The van der Waals surface area contributed by atoms with Crippen LogP contribution in [0.1, 0.15) is 17.7 Å². The Morgan fingerprint density at radius 1 is 1.44 bits per heavy atom. The fourth-order valence-electron chi connectivity index (χ4n) is 3.50. The molecule has 1 aromatic rings. The highest BCUT2D eigenvalue weighted by atomic mass is 32.1. The van der Waals surface area contributed by atoms with Crippen LogP contribution in [0.25, 0.3) is 0 Å². The molecule has 3 atom stereocenters. The number of carbonyl (C=O) groups is 1. The van der Waals surface area contributed by atoms with E-state index >= 15 is 0 Å². The number of thiophene rings is 1. The molecular weight excluding hydrogens is 250 g/mol. The second-order valence-corrected chi connectivity index (χ2v) is 6.63. The number of nitrogens with zero attached hydrogens (tertiary/aromatic N) is 1. The lowest BCUT2D eigenvalue weighted by Crippen LogP contribution is -2.33. The minimum absolute atomic E-state index is 0.339. The lowest BCUT2D eigenvalue weighted by molar-refractivity contribution is 0.0362. The molecule has 0 bridgehead atoms. The van der Waals surface area contributed by atoms with Gasteiger partial charge in [0, 0.05) is 24.4 Å². The topological polar surface area (TPSA) is 60.8 Å². The summed E-state index contributed by atoms with van der Waals surface area (Å²) in [5.41, 5.74) is -0.620. The van der Waals surface area contributed by atoms with Gasteiger partial charge in [0.25, 0.3) is 0 Å². The first kappa shape index (κ1) is 12.0. The van der Waals surface area contributed by atoms with Crippen molar-refractivity contribution in [2.75, 3.05) is 13.1 Å². The number of rotatable bonds is 2. The van der Waals surface area contributed by atoms with Gasteiger partial charge in [-0.25, -0.2) is 4.79 Å². The normalized spacial score (nSPS) is 34.8. The molecule has 1 saturated carbocycles. The summed E-state index contributed by atoms with van der Waals surface area (Å²) in [6, 6.07) is 4.06. The Hall–Kier alpha value is -1.07. The number of hydrogen-bond donors (Lipinski definition) is 2. The molecule has 1 saturated heterocycles. The Morgan fingerprint density at radius 2 is 2.11 bits per heavy atom. The predicted octanol–water partition coefficient (Wildman–Crippen LogP) is 2.04. The Morgan fingerprint density at radius 3 is 2.61 bits per heavy atom. The van der Waals surface area contributed by atoms with Crippen LogP contribution in [-0.2, 0) is 6.42 Å². The molecule has 2 aliphatic rings. The largest absolute Gasteiger partial charge is 0.465 e. The smallest absolute Gasteiger partial charge is 0.407 e. The van der Waals surface area contributed by atoms with E-state index in [-0.39, 0.29) is 0 Å². The summed E-state index contributed by atoms with van der Waals surface area (Å²) >= 11 is 1.68. The molecule has 18 heavy (non-hydrogen) atoms. The molecule has 2 heterocycles. The molecule has 0 spiro atoms. The van der Waals surface area contributed by atoms with Gasteiger partial charge in [0.05, 0.1) is 5.60 Å². The van der Waals surface area contributed by atoms with Gasteiger partial charge in [-0.3, -0.25) is 0 Å². The van der Waals surface area contributed by atoms with Crippen molar-refractivity contribution in [3.8, 4) is 0 Å². The van der Waals surface area contributed by atoms with E-state index in [9.17, 15) is 9.90 Å². The van der Waals surface area contributed by atoms with E-state index in [1.165, 1.54) is 9.78 Å². The number of hydrogen-bond acceptors (Lipinski definition) is 3. The third-order valence-electron chi connectivity index (χ3n) is 4.21. The van der Waals surface area contributed by atoms with Crippen LogP contribution in [0.5, 0.6) is 0 Å². The molecule has 2 N–H and O–H groups in total. The average molecular weight is 267 g/mol. The number of amides is 1. The summed E-state index contributed by atoms with van der Waals surface area (Å²) in [7, 11) is 0. The highest BCUT2D eigenvalue weighted by molar-refractivity contribution is 7.09. The first-order valence-corrected chi connectivity index (χ1v) is 7.16. The van der Waals surface area contributed by atoms with Gasteiger partial charge in [0.15, 0.2) is 0 Å². The molecule has 2 fully saturated rings. The van der Waals surface area contributed by atoms with E-state index < -0.39 is 11.7 Å². The molecule has 5 heteroatoms. The highest BCUT2D eigenvalue weighted by Crippen LogP contribution is 2.45. The predicted molar refractivity (Wildman–Crippen MR) is 68.8 cm³/mol. The summed E-state index contributed by atoms with van der Waals surface area (Å²) in [5, 5.41) is 21.6. The quantitative estimate of drug-likeness (QED) is 0.862. The van der Waals surface area contributed by atoms with Crippen LogP contribution in [0.3, 0.4) is 0 Å². The molecule has 1 aromatic heterocycles. The summed E-state index contributed by atoms with van der Waals surface area (Å²) in [6.07, 6.45) is 1.36. The zero-order chi connectivity index (χ0) is 12.8. The summed E-state index contributed by atoms with van der Waals surface area (Å²) in [5.74, 6) is 0.678. The highest BCUT2D eigenvalue weighted by Gasteiger charge is 2.49. The molecule has 0 radical (unpaired) electrons. The van der Waals surface area contributed by atoms with Gasteiger partial charge >= 0.3 is 6.09 Å². The van der Waals surface area contributed by atoms with Gasteiger partial charge in [-0.15, -0.1) is 11.3 Å². The minimum atomic E-state index is -0.828. The van der Waals surface area contributed by atoms with Gasteiger partial charge in [-0.2, -0.15) is 0 Å². The SMILES string of the molecule is O=C(O)N1C[C@@H]2C[C@](O)(Cc3cccs3)C[C@@H]2C1. The van der Waals surface area contributed by atoms with Crippen molar-refractivity contribution in [2.24, 2.45) is 11.8 Å². The Labute approximate surface area is 110 Å². The van der Waals surface area contributed by atoms with Crippen LogP contribution in [0.2, 0.25) is 0 Å². The molecule has 1 aliphatic heterocycles. The first-order valence-electron chi connectivity index (χ1n) is 6.28. The van der Waals surface area contributed by atoms with Gasteiger partial charge in [-0.1, -0.05) is 6.07 Å². The number of fused-ring (bicyclic) bond motifs is 1. The minimum Gasteiger partial charge on any atom is -0.465 e. The molecule has 3 rings (SSSR count). The van der Waals surface area contributed by atoms with E-state index in [4.69, 9.17) is 5.11 Å². The van der Waals surface area contributed by atoms with E-state index in [1.807, 2.05) is 11.4 Å². The number of likely N-dealkylation sites (tertiary alicyclic amines) is 1. The van der Waals surface area contributed by atoms with Crippen molar-refractivity contribution in [1.82, 2.24) is 4.90 Å². The molecule has 98 valence electrons. The Kier molecular flexibility index (Phi) is 2.83. The van der Waals surface area contributed by atoms with Gasteiger partial charge in [-0.05, 0) is 36.1 Å². The molecule has 0 unspecified atom stereocenters. The maximum Gasteiger partial charge on any atom is 0.407 e. The molecular formula is C13H17NO3S. The maximum atomic E-state index is 10.9. The van der Waals surface area contributed by atoms with Crippen LogP contribution in [0, 0.1) is 11.8 Å². The van der Waals surface area contributed by atoms with Crippen LogP contribution < -0.4 is 0 Å². The zero-order valence-electron chi connectivity index (χ0n) is 10.1. The van der Waals surface area contributed by atoms with Crippen molar-refractivity contribution < 1.29 is 15.0 Å². The van der Waals surface area contributed by atoms with Gasteiger partial charge in [0.1, 0.15) is 0 Å². The van der Waals surface area contributed by atoms with Crippen molar-refractivity contribution in [1.29, 1.82) is 0 Å². The fraction of sp³-hybridized carbons (Fsp3) is 0.615. The summed E-state index contributed by atoms with van der Waals surface area (Å²) < 4.78 is 0. The fourth-order valence-corrected chi connectivity index (χ4v) is 4.34. The van der Waals surface area contributed by atoms with Crippen LogP contribution in [-0.4, -0.2) is 39.9 Å². The van der Waals surface area contributed by atoms with E-state index in [0.717, 1.165) is 12.8 Å². The second-order valence-electron chi connectivity index (χ2n) is 5.60. The van der Waals surface area contributed by atoms with Crippen molar-refractivity contribution in [3.05, 3.63) is 22.4 Å². The van der Waals surface area contributed by atoms with Crippen LogP contribution in [0.4, 0.5) is 4.79 Å². The average Bonchev–Trinajstić information content (AvgIpc) is 2.92. The first-order chi connectivity index (χ1) is 8.56. The Bertz CT molecular complexity index is 431. The van der Waals surface area contributed by atoms with Crippen molar-refractivity contribution in [3.63, 3.8) is 0 Å². The van der Waals surface area contributed by atoms with Crippen molar-refractivity contribution in [2.45, 2.75) is 24.9 Å².